The number of ether oxygens (including phenoxy) is 3. The Kier molecular flexibility index (Phi) is 7.27. The average Bonchev–Trinajstić information content (AvgIpc) is 2.86. The van der Waals surface area contributed by atoms with Crippen LogP contribution in [0.1, 0.15) is 23.2 Å². The summed E-state index contributed by atoms with van der Waals surface area (Å²) in [6, 6.07) is 16.9. The Bertz CT molecular complexity index is 914. The summed E-state index contributed by atoms with van der Waals surface area (Å²) in [5, 5.41) is 0. The van der Waals surface area contributed by atoms with E-state index in [1.807, 2.05) is 52.3 Å². The molecule has 2 amide bonds. The van der Waals surface area contributed by atoms with Gasteiger partial charge in [0.2, 0.25) is 5.91 Å². The van der Waals surface area contributed by atoms with E-state index in [0.29, 0.717) is 63.5 Å². The van der Waals surface area contributed by atoms with Gasteiger partial charge in [-0.25, -0.2) is 0 Å². The van der Waals surface area contributed by atoms with Gasteiger partial charge in [-0.1, -0.05) is 24.3 Å². The summed E-state index contributed by atoms with van der Waals surface area (Å²) >= 11 is 0. The molecule has 0 spiro atoms. The maximum Gasteiger partial charge on any atom is 0.254 e. The van der Waals surface area contributed by atoms with Crippen molar-refractivity contribution in [2.45, 2.75) is 18.9 Å². The highest BCUT2D eigenvalue weighted by atomic mass is 16.5. The minimum Gasteiger partial charge on any atom is -0.497 e. The molecular weight excluding hydrogens is 408 g/mol. The number of carbonyl (C=O) groups is 2. The van der Waals surface area contributed by atoms with E-state index in [2.05, 4.69) is 0 Å². The molecule has 0 radical (unpaired) electrons. The minimum absolute atomic E-state index is 0.0501. The van der Waals surface area contributed by atoms with Gasteiger partial charge in [-0.3, -0.25) is 9.59 Å². The molecule has 4 rings (SSSR count). The van der Waals surface area contributed by atoms with Crippen LogP contribution in [-0.2, 0) is 9.53 Å². The Morgan fingerprint density at radius 1 is 0.969 bits per heavy atom. The first-order chi connectivity index (χ1) is 15.6. The molecule has 0 aliphatic carbocycles. The largest absolute Gasteiger partial charge is 0.497 e. The molecule has 0 N–H and O–H groups in total. The van der Waals surface area contributed by atoms with Gasteiger partial charge >= 0.3 is 0 Å². The second-order valence-electron chi connectivity index (χ2n) is 8.20. The van der Waals surface area contributed by atoms with E-state index in [9.17, 15) is 9.59 Å². The molecule has 0 unspecified atom stereocenters. The first kappa shape index (κ1) is 22.1. The first-order valence-corrected chi connectivity index (χ1v) is 11.1. The van der Waals surface area contributed by atoms with Gasteiger partial charge in [0.1, 0.15) is 17.6 Å². The van der Waals surface area contributed by atoms with Gasteiger partial charge in [0.25, 0.3) is 5.91 Å². The number of hydrogen-bond acceptors (Lipinski definition) is 5. The Hall–Kier alpha value is -3.06. The van der Waals surface area contributed by atoms with E-state index < -0.39 is 0 Å². The molecule has 2 aromatic rings. The van der Waals surface area contributed by atoms with Crippen LogP contribution in [0.2, 0.25) is 0 Å². The lowest BCUT2D eigenvalue weighted by atomic mass is 9.90. The summed E-state index contributed by atoms with van der Waals surface area (Å²) in [6.45, 7) is 3.42. The quantitative estimate of drug-likeness (QED) is 0.694. The Labute approximate surface area is 188 Å². The fourth-order valence-corrected chi connectivity index (χ4v) is 4.32. The van der Waals surface area contributed by atoms with E-state index in [-0.39, 0.29) is 23.8 Å². The van der Waals surface area contributed by atoms with Gasteiger partial charge in [-0.15, -0.1) is 0 Å². The third kappa shape index (κ3) is 5.40. The van der Waals surface area contributed by atoms with Crippen molar-refractivity contribution >= 4 is 11.8 Å². The van der Waals surface area contributed by atoms with Gasteiger partial charge in [-0.05, 0) is 30.3 Å². The maximum atomic E-state index is 13.2. The minimum atomic E-state index is -0.128. The van der Waals surface area contributed by atoms with Crippen LogP contribution < -0.4 is 9.47 Å². The number of rotatable bonds is 6. The van der Waals surface area contributed by atoms with Crippen LogP contribution in [0.5, 0.6) is 11.5 Å². The molecule has 0 saturated carbocycles. The molecule has 32 heavy (non-hydrogen) atoms. The van der Waals surface area contributed by atoms with Crippen molar-refractivity contribution in [3.63, 3.8) is 0 Å². The molecule has 2 saturated heterocycles. The van der Waals surface area contributed by atoms with Crippen LogP contribution in [0.25, 0.3) is 0 Å². The number of benzene rings is 2. The smallest absolute Gasteiger partial charge is 0.254 e. The Morgan fingerprint density at radius 2 is 1.72 bits per heavy atom. The zero-order chi connectivity index (χ0) is 22.3. The van der Waals surface area contributed by atoms with E-state index >= 15 is 0 Å². The molecule has 2 aromatic carbocycles. The van der Waals surface area contributed by atoms with Gasteiger partial charge in [0.05, 0.1) is 20.3 Å². The number of para-hydroxylation sites is 1. The Morgan fingerprint density at radius 3 is 2.47 bits per heavy atom. The average molecular weight is 439 g/mol. The van der Waals surface area contributed by atoms with Crippen molar-refractivity contribution in [2.75, 3.05) is 46.5 Å². The molecule has 2 fully saturated rings. The van der Waals surface area contributed by atoms with Crippen LogP contribution in [-0.4, -0.2) is 74.2 Å². The van der Waals surface area contributed by atoms with Crippen LogP contribution in [0.4, 0.5) is 0 Å². The summed E-state index contributed by atoms with van der Waals surface area (Å²) in [7, 11) is 1.59. The van der Waals surface area contributed by atoms with Gasteiger partial charge < -0.3 is 24.0 Å². The predicted octanol–water partition coefficient (Wildman–Crippen LogP) is 2.85. The fraction of sp³-hybridized carbons (Fsp3) is 0.440. The van der Waals surface area contributed by atoms with Gasteiger partial charge in [0, 0.05) is 50.5 Å². The number of methoxy groups -OCH3 is 1. The van der Waals surface area contributed by atoms with Crippen molar-refractivity contribution < 1.29 is 23.8 Å². The molecular formula is C25H30N2O5. The number of hydrogen-bond donors (Lipinski definition) is 0. The number of carbonyl (C=O) groups excluding carboxylic acids is 2. The summed E-state index contributed by atoms with van der Waals surface area (Å²) in [4.78, 5) is 29.9. The van der Waals surface area contributed by atoms with Crippen LogP contribution in [0, 0.1) is 5.92 Å². The zero-order valence-corrected chi connectivity index (χ0v) is 18.4. The third-order valence-corrected chi connectivity index (χ3v) is 6.10. The molecule has 170 valence electrons. The van der Waals surface area contributed by atoms with Crippen molar-refractivity contribution in [1.82, 2.24) is 9.80 Å². The topological polar surface area (TPSA) is 68.3 Å². The zero-order valence-electron chi connectivity index (χ0n) is 18.4. The lowest BCUT2D eigenvalue weighted by Crippen LogP contribution is -2.50. The second kappa shape index (κ2) is 10.5. The van der Waals surface area contributed by atoms with E-state index in [1.54, 1.807) is 19.2 Å². The summed E-state index contributed by atoms with van der Waals surface area (Å²) < 4.78 is 16.9. The number of nitrogens with zero attached hydrogens (tertiary/aromatic N) is 2. The summed E-state index contributed by atoms with van der Waals surface area (Å²) in [5.41, 5.74) is 0.588. The lowest BCUT2D eigenvalue weighted by molar-refractivity contribution is -0.137. The maximum absolute atomic E-state index is 13.2. The molecule has 2 aliphatic rings. The van der Waals surface area contributed by atoms with Crippen LogP contribution in [0.15, 0.2) is 54.6 Å². The summed E-state index contributed by atoms with van der Waals surface area (Å²) in [6.07, 6.45) is 0.891. The molecule has 7 nitrogen and oxygen atoms in total. The number of piperidine rings is 1. The SMILES string of the molecule is COc1cccc(C(=O)N2CC[C@H](Oc3ccccc3)[C@@H](CC(=O)N3CCOCC3)C2)c1. The van der Waals surface area contributed by atoms with Crippen LogP contribution >= 0.6 is 0 Å². The highest BCUT2D eigenvalue weighted by Gasteiger charge is 2.36. The normalized spacial score (nSPS) is 21.2. The molecule has 2 aliphatic heterocycles. The fourth-order valence-electron chi connectivity index (χ4n) is 4.32. The van der Waals surface area contributed by atoms with E-state index in [4.69, 9.17) is 14.2 Å². The Balaban J connectivity index is 1.48. The van der Waals surface area contributed by atoms with Crippen molar-refractivity contribution in [3.8, 4) is 11.5 Å². The molecule has 0 aromatic heterocycles. The standard InChI is InChI=1S/C25H30N2O5/c1-30-22-9-5-6-19(16-22)25(29)27-11-10-23(32-21-7-3-2-4-8-21)20(18-27)17-24(28)26-12-14-31-15-13-26/h2-9,16,20,23H,10-15,17-18H2,1H3/t20-,23-/m0/s1. The molecule has 2 atom stereocenters. The van der Waals surface area contributed by atoms with Crippen LogP contribution in [0.3, 0.4) is 0 Å². The predicted molar refractivity (Wildman–Crippen MR) is 120 cm³/mol. The lowest BCUT2D eigenvalue weighted by Gasteiger charge is -2.39. The molecule has 0 bridgehead atoms. The highest BCUT2D eigenvalue weighted by Crippen LogP contribution is 2.28. The monoisotopic (exact) mass is 438 g/mol. The second-order valence-corrected chi connectivity index (χ2v) is 8.20. The van der Waals surface area contributed by atoms with E-state index in [0.717, 1.165) is 5.75 Å². The van der Waals surface area contributed by atoms with Gasteiger partial charge in [-0.2, -0.15) is 0 Å². The van der Waals surface area contributed by atoms with Crippen molar-refractivity contribution in [1.29, 1.82) is 0 Å². The number of likely N-dealkylation sites (tertiary alicyclic amines) is 1. The number of morpholine rings is 1. The van der Waals surface area contributed by atoms with E-state index in [1.165, 1.54) is 0 Å². The number of amides is 2. The third-order valence-electron chi connectivity index (χ3n) is 6.10. The highest BCUT2D eigenvalue weighted by molar-refractivity contribution is 5.94. The molecule has 7 heteroatoms. The van der Waals surface area contributed by atoms with Crippen molar-refractivity contribution in [2.24, 2.45) is 5.92 Å². The molecule has 2 heterocycles. The van der Waals surface area contributed by atoms with Gasteiger partial charge in [0.15, 0.2) is 0 Å². The summed E-state index contributed by atoms with van der Waals surface area (Å²) in [5.74, 6) is 1.39. The first-order valence-electron chi connectivity index (χ1n) is 11.1. The van der Waals surface area contributed by atoms with Crippen molar-refractivity contribution in [3.05, 3.63) is 60.2 Å².